The predicted molar refractivity (Wildman–Crippen MR) is 125 cm³/mol. The van der Waals surface area contributed by atoms with Crippen molar-refractivity contribution in [2.45, 2.75) is 13.0 Å². The minimum absolute atomic E-state index is 0.0108. The number of hydrogen-bond donors (Lipinski definition) is 0. The summed E-state index contributed by atoms with van der Waals surface area (Å²) >= 11 is 12.4. The maximum absolute atomic E-state index is 13.6. The molecule has 4 aromatic rings. The Balaban J connectivity index is 1.80. The van der Waals surface area contributed by atoms with Gasteiger partial charge in [0.2, 0.25) is 5.76 Å². The van der Waals surface area contributed by atoms with Gasteiger partial charge in [-0.15, -0.1) is 0 Å². The maximum atomic E-state index is 13.6. The summed E-state index contributed by atoms with van der Waals surface area (Å²) in [4.78, 5) is 28.7. The van der Waals surface area contributed by atoms with Crippen molar-refractivity contribution in [1.29, 1.82) is 0 Å². The molecule has 0 radical (unpaired) electrons. The monoisotopic (exact) mass is 465 g/mol. The van der Waals surface area contributed by atoms with Crippen molar-refractivity contribution in [3.05, 3.63) is 104 Å². The van der Waals surface area contributed by atoms with E-state index in [-0.39, 0.29) is 16.8 Å². The fourth-order valence-electron chi connectivity index (χ4n) is 4.09. The normalized spacial score (nSPS) is 15.3. The van der Waals surface area contributed by atoms with Gasteiger partial charge in [0.05, 0.1) is 23.6 Å². The molecule has 0 N–H and O–H groups in total. The van der Waals surface area contributed by atoms with Crippen LogP contribution in [0.15, 0.2) is 75.9 Å². The fourth-order valence-corrected chi connectivity index (χ4v) is 4.45. The molecule has 0 saturated carbocycles. The van der Waals surface area contributed by atoms with E-state index in [1.54, 1.807) is 42.5 Å². The van der Waals surface area contributed by atoms with Gasteiger partial charge in [-0.1, -0.05) is 41.4 Å². The number of hydrogen-bond acceptors (Lipinski definition) is 4. The smallest absolute Gasteiger partial charge is 0.295 e. The number of benzene rings is 3. The number of carbonyl (C=O) groups is 1. The average Bonchev–Trinajstić information content (AvgIpc) is 3.07. The van der Waals surface area contributed by atoms with Gasteiger partial charge in [0, 0.05) is 15.7 Å². The molecule has 0 fully saturated rings. The molecule has 1 amide bonds. The summed E-state index contributed by atoms with van der Waals surface area (Å²) in [6, 6.07) is 18.4. The quantitative estimate of drug-likeness (QED) is 0.357. The zero-order valence-corrected chi connectivity index (χ0v) is 18.5. The molecule has 0 spiro atoms. The Hall–Kier alpha value is -3.28. The molecule has 1 aromatic heterocycles. The summed E-state index contributed by atoms with van der Waals surface area (Å²) in [6.45, 7) is 2.39. The Kier molecular flexibility index (Phi) is 5.16. The van der Waals surface area contributed by atoms with Crippen LogP contribution in [-0.4, -0.2) is 12.5 Å². The number of amides is 1. The van der Waals surface area contributed by atoms with Crippen molar-refractivity contribution < 1.29 is 13.9 Å². The standard InChI is InChI=1S/C25H17Cl2NO4/c1-2-31-18-8-3-5-14(11-18)22-21-23(29)19-13-16(27)9-10-20(19)32-24(21)25(30)28(22)17-7-4-6-15(26)12-17/h3-13,22H,2H2,1H3. The van der Waals surface area contributed by atoms with Gasteiger partial charge >= 0.3 is 0 Å². The van der Waals surface area contributed by atoms with Crippen molar-refractivity contribution in [2.75, 3.05) is 11.5 Å². The molecule has 5 rings (SSSR count). The number of carbonyl (C=O) groups excluding carboxylic acids is 1. The molecule has 32 heavy (non-hydrogen) atoms. The number of ether oxygens (including phenoxy) is 1. The molecule has 5 nitrogen and oxygen atoms in total. The van der Waals surface area contributed by atoms with Crippen LogP contribution in [0.2, 0.25) is 10.0 Å². The fraction of sp³-hybridized carbons (Fsp3) is 0.120. The molecule has 7 heteroatoms. The van der Waals surface area contributed by atoms with Gasteiger partial charge < -0.3 is 9.15 Å². The van der Waals surface area contributed by atoms with E-state index in [4.69, 9.17) is 32.4 Å². The van der Waals surface area contributed by atoms with Gasteiger partial charge in [0.1, 0.15) is 11.3 Å². The lowest BCUT2D eigenvalue weighted by Gasteiger charge is -2.25. The first kappa shape index (κ1) is 20.6. The first-order valence-electron chi connectivity index (χ1n) is 10.1. The highest BCUT2D eigenvalue weighted by Crippen LogP contribution is 2.42. The van der Waals surface area contributed by atoms with Crippen LogP contribution in [0.1, 0.15) is 34.6 Å². The van der Waals surface area contributed by atoms with E-state index < -0.39 is 11.9 Å². The summed E-state index contributed by atoms with van der Waals surface area (Å²) in [5.41, 5.74) is 1.55. The van der Waals surface area contributed by atoms with Gasteiger partial charge in [-0.25, -0.2) is 0 Å². The van der Waals surface area contributed by atoms with Crippen molar-refractivity contribution in [3.8, 4) is 5.75 Å². The molecule has 0 saturated heterocycles. The Labute approximate surface area is 193 Å². The van der Waals surface area contributed by atoms with Crippen molar-refractivity contribution in [1.82, 2.24) is 0 Å². The molecule has 1 aliphatic heterocycles. The number of fused-ring (bicyclic) bond motifs is 2. The van der Waals surface area contributed by atoms with Gasteiger partial charge in [0.15, 0.2) is 5.43 Å². The third kappa shape index (κ3) is 3.34. The second kappa shape index (κ2) is 8.01. The number of halogens is 2. The summed E-state index contributed by atoms with van der Waals surface area (Å²) in [5.74, 6) is 0.241. The van der Waals surface area contributed by atoms with E-state index >= 15 is 0 Å². The molecule has 1 aliphatic rings. The minimum atomic E-state index is -0.712. The zero-order valence-electron chi connectivity index (χ0n) is 17.0. The third-order valence-corrected chi connectivity index (χ3v) is 5.87. The lowest BCUT2D eigenvalue weighted by molar-refractivity contribution is 0.0971. The third-order valence-electron chi connectivity index (χ3n) is 5.40. The van der Waals surface area contributed by atoms with Crippen molar-refractivity contribution in [2.24, 2.45) is 0 Å². The van der Waals surface area contributed by atoms with Gasteiger partial charge in [0.25, 0.3) is 5.91 Å². The van der Waals surface area contributed by atoms with Gasteiger partial charge in [-0.2, -0.15) is 0 Å². The van der Waals surface area contributed by atoms with Crippen LogP contribution in [0, 0.1) is 0 Å². The first-order valence-corrected chi connectivity index (χ1v) is 10.8. The SMILES string of the molecule is CCOc1cccc(C2c3c(oc4ccc(Cl)cc4c3=O)C(=O)N2c2cccc(Cl)c2)c1. The van der Waals surface area contributed by atoms with Crippen LogP contribution in [0.25, 0.3) is 11.0 Å². The number of nitrogens with zero attached hydrogens (tertiary/aromatic N) is 1. The molecule has 0 aliphatic carbocycles. The Bertz CT molecular complexity index is 1430. The highest BCUT2D eigenvalue weighted by atomic mass is 35.5. The molecule has 1 unspecified atom stereocenters. The van der Waals surface area contributed by atoms with E-state index in [1.807, 2.05) is 31.2 Å². The van der Waals surface area contributed by atoms with Crippen molar-refractivity contribution in [3.63, 3.8) is 0 Å². The molecule has 160 valence electrons. The number of rotatable bonds is 4. The second-order valence-corrected chi connectivity index (χ2v) is 8.25. The lowest BCUT2D eigenvalue weighted by atomic mass is 9.98. The molecule has 0 bridgehead atoms. The highest BCUT2D eigenvalue weighted by Gasteiger charge is 2.43. The molecular weight excluding hydrogens is 449 g/mol. The van der Waals surface area contributed by atoms with E-state index in [0.717, 1.165) is 5.56 Å². The van der Waals surface area contributed by atoms with E-state index in [9.17, 15) is 9.59 Å². The minimum Gasteiger partial charge on any atom is -0.494 e. The first-order chi connectivity index (χ1) is 15.5. The Morgan fingerprint density at radius 2 is 1.75 bits per heavy atom. The predicted octanol–water partition coefficient (Wildman–Crippen LogP) is 6.25. The Morgan fingerprint density at radius 1 is 0.969 bits per heavy atom. The van der Waals surface area contributed by atoms with Crippen LogP contribution in [0.4, 0.5) is 5.69 Å². The summed E-state index contributed by atoms with van der Waals surface area (Å²) in [7, 11) is 0. The number of anilines is 1. The van der Waals surface area contributed by atoms with Crippen LogP contribution < -0.4 is 15.1 Å². The van der Waals surface area contributed by atoms with Crippen LogP contribution >= 0.6 is 23.2 Å². The highest BCUT2D eigenvalue weighted by molar-refractivity contribution is 6.31. The van der Waals surface area contributed by atoms with E-state index in [1.165, 1.54) is 4.90 Å². The maximum Gasteiger partial charge on any atom is 0.295 e. The van der Waals surface area contributed by atoms with Gasteiger partial charge in [-0.3, -0.25) is 14.5 Å². The Morgan fingerprint density at radius 3 is 2.53 bits per heavy atom. The van der Waals surface area contributed by atoms with E-state index in [0.29, 0.717) is 39.1 Å². The molecule has 1 atom stereocenters. The largest absolute Gasteiger partial charge is 0.494 e. The summed E-state index contributed by atoms with van der Waals surface area (Å²) < 4.78 is 11.6. The average molecular weight is 466 g/mol. The molecule has 2 heterocycles. The van der Waals surface area contributed by atoms with Crippen LogP contribution in [-0.2, 0) is 0 Å². The van der Waals surface area contributed by atoms with Crippen LogP contribution in [0.3, 0.4) is 0 Å². The zero-order chi connectivity index (χ0) is 22.4. The second-order valence-electron chi connectivity index (χ2n) is 7.38. The van der Waals surface area contributed by atoms with Gasteiger partial charge in [-0.05, 0) is 61.0 Å². The summed E-state index contributed by atoms with van der Waals surface area (Å²) in [5, 5.41) is 1.21. The molecular formula is C25H17Cl2NO4. The topological polar surface area (TPSA) is 59.8 Å². The van der Waals surface area contributed by atoms with E-state index in [2.05, 4.69) is 0 Å². The summed E-state index contributed by atoms with van der Waals surface area (Å²) in [6.07, 6.45) is 0. The van der Waals surface area contributed by atoms with Crippen molar-refractivity contribution >= 4 is 45.8 Å². The molecule has 3 aromatic carbocycles. The van der Waals surface area contributed by atoms with Crippen LogP contribution in [0.5, 0.6) is 5.75 Å². The lowest BCUT2D eigenvalue weighted by Crippen LogP contribution is -2.29.